The van der Waals surface area contributed by atoms with Crippen LogP contribution in [0, 0.1) is 0 Å². The summed E-state index contributed by atoms with van der Waals surface area (Å²) in [6, 6.07) is 17.7. The van der Waals surface area contributed by atoms with E-state index in [4.69, 9.17) is 0 Å². The number of rotatable bonds is 5. The third kappa shape index (κ3) is 4.51. The summed E-state index contributed by atoms with van der Waals surface area (Å²) in [4.78, 5) is 21.3. The molecule has 1 aliphatic heterocycles. The maximum absolute atomic E-state index is 12.6. The van der Waals surface area contributed by atoms with Crippen LogP contribution < -0.4 is 15.1 Å². The van der Waals surface area contributed by atoms with Gasteiger partial charge in [0.05, 0.1) is 5.56 Å². The van der Waals surface area contributed by atoms with Gasteiger partial charge in [0, 0.05) is 44.3 Å². The second-order valence-electron chi connectivity index (χ2n) is 7.12. The summed E-state index contributed by atoms with van der Waals surface area (Å²) in [5.41, 5.74) is 1.62. The van der Waals surface area contributed by atoms with E-state index in [1.54, 1.807) is 12.4 Å². The Bertz CT molecular complexity index is 925. The maximum atomic E-state index is 12.6. The number of aromatic nitrogens is 3. The van der Waals surface area contributed by atoms with E-state index >= 15 is 0 Å². The molecule has 0 aliphatic carbocycles. The molecule has 0 bridgehead atoms. The van der Waals surface area contributed by atoms with Gasteiger partial charge in [0.1, 0.15) is 5.82 Å². The van der Waals surface area contributed by atoms with E-state index in [0.717, 1.165) is 43.3 Å². The monoisotopic (exact) mass is 388 g/mol. The van der Waals surface area contributed by atoms with Gasteiger partial charge in [-0.2, -0.15) is 5.10 Å². The number of para-hydroxylation sites is 1. The number of amides is 1. The lowest BCUT2D eigenvalue weighted by molar-refractivity contribution is 0.0930. The fraction of sp³-hybridized carbons (Fsp3) is 0.273. The van der Waals surface area contributed by atoms with Crippen LogP contribution >= 0.6 is 0 Å². The SMILES string of the molecule is CN(c1ccccc1)c1ccc(C(=O)NC2CCN(c3cccnn3)CC2)cn1. The van der Waals surface area contributed by atoms with Gasteiger partial charge in [-0.05, 0) is 49.2 Å². The number of benzene rings is 1. The van der Waals surface area contributed by atoms with E-state index in [0.29, 0.717) is 5.56 Å². The summed E-state index contributed by atoms with van der Waals surface area (Å²) >= 11 is 0. The fourth-order valence-corrected chi connectivity index (χ4v) is 3.49. The topological polar surface area (TPSA) is 74.2 Å². The third-order valence-corrected chi connectivity index (χ3v) is 5.21. The summed E-state index contributed by atoms with van der Waals surface area (Å²) in [6.07, 6.45) is 5.07. The largest absolute Gasteiger partial charge is 0.355 e. The zero-order chi connectivity index (χ0) is 20.1. The van der Waals surface area contributed by atoms with Gasteiger partial charge < -0.3 is 15.1 Å². The van der Waals surface area contributed by atoms with E-state index in [1.807, 2.05) is 66.5 Å². The predicted octanol–water partition coefficient (Wildman–Crippen LogP) is 3.04. The molecule has 0 radical (unpaired) electrons. The van der Waals surface area contributed by atoms with Gasteiger partial charge in [-0.15, -0.1) is 5.10 Å². The van der Waals surface area contributed by atoms with Crippen molar-refractivity contribution in [2.75, 3.05) is 29.9 Å². The molecule has 29 heavy (non-hydrogen) atoms. The fourth-order valence-electron chi connectivity index (χ4n) is 3.49. The second kappa shape index (κ2) is 8.68. The number of carbonyl (C=O) groups excluding carboxylic acids is 1. The van der Waals surface area contributed by atoms with Gasteiger partial charge in [0.15, 0.2) is 5.82 Å². The Morgan fingerprint density at radius 1 is 1.07 bits per heavy atom. The van der Waals surface area contributed by atoms with Crippen LogP contribution in [0.5, 0.6) is 0 Å². The normalized spacial score (nSPS) is 14.4. The van der Waals surface area contributed by atoms with Crippen LogP contribution in [0.1, 0.15) is 23.2 Å². The molecule has 1 aliphatic rings. The Balaban J connectivity index is 1.32. The molecule has 7 nitrogen and oxygen atoms in total. The zero-order valence-corrected chi connectivity index (χ0v) is 16.4. The highest BCUT2D eigenvalue weighted by molar-refractivity contribution is 5.94. The van der Waals surface area contributed by atoms with E-state index in [-0.39, 0.29) is 11.9 Å². The van der Waals surface area contributed by atoms with Crippen LogP contribution in [-0.2, 0) is 0 Å². The minimum Gasteiger partial charge on any atom is -0.355 e. The molecule has 148 valence electrons. The van der Waals surface area contributed by atoms with Crippen LogP contribution in [0.25, 0.3) is 0 Å². The number of piperidine rings is 1. The highest BCUT2D eigenvalue weighted by atomic mass is 16.1. The Kier molecular flexibility index (Phi) is 5.65. The Morgan fingerprint density at radius 2 is 1.86 bits per heavy atom. The molecule has 1 saturated heterocycles. The van der Waals surface area contributed by atoms with Gasteiger partial charge in [-0.3, -0.25) is 4.79 Å². The molecule has 2 aromatic heterocycles. The summed E-state index contributed by atoms with van der Waals surface area (Å²) < 4.78 is 0. The molecule has 3 aromatic rings. The zero-order valence-electron chi connectivity index (χ0n) is 16.4. The summed E-state index contributed by atoms with van der Waals surface area (Å²) in [6.45, 7) is 1.70. The van der Waals surface area contributed by atoms with E-state index in [2.05, 4.69) is 25.4 Å². The lowest BCUT2D eigenvalue weighted by atomic mass is 10.0. The van der Waals surface area contributed by atoms with Crippen LogP contribution in [0.2, 0.25) is 0 Å². The smallest absolute Gasteiger partial charge is 0.253 e. The van der Waals surface area contributed by atoms with Gasteiger partial charge in [-0.1, -0.05) is 18.2 Å². The molecule has 1 aromatic carbocycles. The number of carbonyl (C=O) groups is 1. The molecule has 0 unspecified atom stereocenters. The second-order valence-corrected chi connectivity index (χ2v) is 7.12. The average molecular weight is 388 g/mol. The number of anilines is 3. The van der Waals surface area contributed by atoms with Crippen molar-refractivity contribution >= 4 is 23.2 Å². The Morgan fingerprint density at radius 3 is 2.52 bits per heavy atom. The first-order chi connectivity index (χ1) is 14.2. The third-order valence-electron chi connectivity index (χ3n) is 5.21. The molecule has 3 heterocycles. The lowest BCUT2D eigenvalue weighted by Crippen LogP contribution is -2.45. The minimum atomic E-state index is -0.0793. The molecule has 1 N–H and O–H groups in total. The minimum absolute atomic E-state index is 0.0793. The first kappa shape index (κ1) is 18.9. The van der Waals surface area contributed by atoms with Crippen LogP contribution in [-0.4, -0.2) is 47.3 Å². The van der Waals surface area contributed by atoms with Crippen molar-refractivity contribution in [1.29, 1.82) is 0 Å². The quantitative estimate of drug-likeness (QED) is 0.724. The van der Waals surface area contributed by atoms with Crippen molar-refractivity contribution in [2.45, 2.75) is 18.9 Å². The van der Waals surface area contributed by atoms with Crippen molar-refractivity contribution in [3.05, 3.63) is 72.6 Å². The molecule has 0 spiro atoms. The number of pyridine rings is 1. The van der Waals surface area contributed by atoms with E-state index in [9.17, 15) is 4.79 Å². The summed E-state index contributed by atoms with van der Waals surface area (Å²) in [5.74, 6) is 1.61. The molecular weight excluding hydrogens is 364 g/mol. The van der Waals surface area contributed by atoms with Crippen LogP contribution in [0.3, 0.4) is 0 Å². The summed E-state index contributed by atoms with van der Waals surface area (Å²) in [5, 5.41) is 11.2. The number of nitrogens with one attached hydrogen (secondary N) is 1. The van der Waals surface area contributed by atoms with Crippen molar-refractivity contribution in [2.24, 2.45) is 0 Å². The number of hydrogen-bond donors (Lipinski definition) is 1. The molecule has 0 atom stereocenters. The molecule has 1 amide bonds. The van der Waals surface area contributed by atoms with Gasteiger partial charge in [-0.25, -0.2) is 4.98 Å². The molecule has 4 rings (SSSR count). The number of nitrogens with zero attached hydrogens (tertiary/aromatic N) is 5. The van der Waals surface area contributed by atoms with Gasteiger partial charge in [0.25, 0.3) is 5.91 Å². The van der Waals surface area contributed by atoms with Crippen molar-refractivity contribution in [1.82, 2.24) is 20.5 Å². The molecule has 7 heteroatoms. The van der Waals surface area contributed by atoms with Crippen molar-refractivity contribution in [3.63, 3.8) is 0 Å². The standard InChI is InChI=1S/C22H24N6O/c1-27(19-6-3-2-4-7-19)20-10-9-17(16-23-20)22(29)25-18-11-14-28(15-12-18)21-8-5-13-24-26-21/h2-10,13,16,18H,11-12,14-15H2,1H3,(H,25,29). The number of hydrogen-bond acceptors (Lipinski definition) is 6. The highest BCUT2D eigenvalue weighted by Gasteiger charge is 2.22. The predicted molar refractivity (Wildman–Crippen MR) is 113 cm³/mol. The van der Waals surface area contributed by atoms with E-state index < -0.39 is 0 Å². The Hall–Kier alpha value is -3.48. The first-order valence-electron chi connectivity index (χ1n) is 9.79. The van der Waals surface area contributed by atoms with Gasteiger partial charge >= 0.3 is 0 Å². The highest BCUT2D eigenvalue weighted by Crippen LogP contribution is 2.21. The van der Waals surface area contributed by atoms with Crippen molar-refractivity contribution in [3.8, 4) is 0 Å². The van der Waals surface area contributed by atoms with Crippen LogP contribution in [0.15, 0.2) is 67.0 Å². The van der Waals surface area contributed by atoms with E-state index in [1.165, 1.54) is 0 Å². The average Bonchev–Trinajstić information content (AvgIpc) is 2.80. The first-order valence-corrected chi connectivity index (χ1v) is 9.79. The summed E-state index contributed by atoms with van der Waals surface area (Å²) in [7, 11) is 1.96. The van der Waals surface area contributed by atoms with Gasteiger partial charge in [0.2, 0.25) is 0 Å². The lowest BCUT2D eigenvalue weighted by Gasteiger charge is -2.32. The van der Waals surface area contributed by atoms with Crippen molar-refractivity contribution < 1.29 is 4.79 Å². The molecular formula is C22H24N6O. The molecule has 1 fully saturated rings. The maximum Gasteiger partial charge on any atom is 0.253 e. The van der Waals surface area contributed by atoms with Crippen LogP contribution in [0.4, 0.5) is 17.3 Å². The molecule has 0 saturated carbocycles. The Labute approximate surface area is 170 Å².